The van der Waals surface area contributed by atoms with Crippen LogP contribution in [0.2, 0.25) is 0 Å². The lowest BCUT2D eigenvalue weighted by molar-refractivity contribution is 0.0209. The molecule has 0 aliphatic carbocycles. The van der Waals surface area contributed by atoms with Crippen molar-refractivity contribution in [3.63, 3.8) is 0 Å². The van der Waals surface area contributed by atoms with Gasteiger partial charge in [0.15, 0.2) is 0 Å². The summed E-state index contributed by atoms with van der Waals surface area (Å²) in [5, 5.41) is 9.13. The molecule has 2 heterocycles. The van der Waals surface area contributed by atoms with E-state index in [-0.39, 0.29) is 5.56 Å². The average molecular weight is 275 g/mol. The normalized spacial score (nSPS) is 23.8. The van der Waals surface area contributed by atoms with Gasteiger partial charge in [0.1, 0.15) is 17.4 Å². The van der Waals surface area contributed by atoms with Crippen LogP contribution in [0.5, 0.6) is 0 Å². The molecule has 0 saturated carbocycles. The lowest BCUT2D eigenvalue weighted by Crippen LogP contribution is -2.44. The van der Waals surface area contributed by atoms with Crippen molar-refractivity contribution in [1.29, 1.82) is 5.26 Å². The van der Waals surface area contributed by atoms with E-state index in [0.717, 1.165) is 51.5 Å². The summed E-state index contributed by atoms with van der Waals surface area (Å²) < 4.78 is 19.1. The number of nitriles is 1. The van der Waals surface area contributed by atoms with Crippen LogP contribution in [-0.4, -0.2) is 50.3 Å². The second-order valence-electron chi connectivity index (χ2n) is 5.28. The molecule has 3 rings (SSSR count). The molecule has 1 aromatic carbocycles. The third-order valence-corrected chi connectivity index (χ3v) is 4.17. The minimum absolute atomic E-state index is 0.162. The van der Waals surface area contributed by atoms with E-state index in [2.05, 4.69) is 9.80 Å². The van der Waals surface area contributed by atoms with Gasteiger partial charge in [0.05, 0.1) is 18.9 Å². The molecular weight excluding hydrogens is 257 g/mol. The van der Waals surface area contributed by atoms with Crippen molar-refractivity contribution < 1.29 is 9.13 Å². The highest BCUT2D eigenvalue weighted by molar-refractivity contribution is 5.60. The van der Waals surface area contributed by atoms with Gasteiger partial charge in [-0.05, 0) is 18.6 Å². The zero-order valence-electron chi connectivity index (χ0n) is 11.4. The van der Waals surface area contributed by atoms with E-state index >= 15 is 0 Å². The Hall–Kier alpha value is -1.64. The van der Waals surface area contributed by atoms with Crippen LogP contribution in [0.4, 0.5) is 10.1 Å². The number of rotatable bonds is 2. The molecule has 0 aromatic heterocycles. The minimum atomic E-state index is -0.431. The highest BCUT2D eigenvalue weighted by atomic mass is 19.1. The van der Waals surface area contributed by atoms with Gasteiger partial charge in [0.25, 0.3) is 0 Å². The van der Waals surface area contributed by atoms with E-state index in [0.29, 0.717) is 6.04 Å². The van der Waals surface area contributed by atoms with E-state index in [4.69, 9.17) is 10.00 Å². The molecule has 4 nitrogen and oxygen atoms in total. The molecule has 5 heteroatoms. The standard InChI is InChI=1S/C15H18FN3O/c16-14-2-1-3-15(13(14)10-17)19-5-4-12(11-19)18-6-8-20-9-7-18/h1-3,12H,4-9,11H2. The maximum absolute atomic E-state index is 13.7. The van der Waals surface area contributed by atoms with Crippen molar-refractivity contribution in [3.05, 3.63) is 29.6 Å². The SMILES string of the molecule is N#Cc1c(F)cccc1N1CCC(N2CCOCC2)C1. The molecular formula is C15H18FN3O. The largest absolute Gasteiger partial charge is 0.379 e. The fourth-order valence-electron chi connectivity index (χ4n) is 3.09. The smallest absolute Gasteiger partial charge is 0.143 e. The summed E-state index contributed by atoms with van der Waals surface area (Å²) in [7, 11) is 0. The van der Waals surface area contributed by atoms with Crippen LogP contribution in [0.15, 0.2) is 18.2 Å². The summed E-state index contributed by atoms with van der Waals surface area (Å²) in [6.07, 6.45) is 1.06. The summed E-state index contributed by atoms with van der Waals surface area (Å²) in [5.41, 5.74) is 0.887. The molecule has 1 aromatic rings. The van der Waals surface area contributed by atoms with E-state index in [1.54, 1.807) is 6.07 Å². The monoisotopic (exact) mass is 275 g/mol. The van der Waals surface area contributed by atoms with Gasteiger partial charge in [-0.2, -0.15) is 5.26 Å². The third-order valence-electron chi connectivity index (χ3n) is 4.17. The van der Waals surface area contributed by atoms with Crippen LogP contribution in [0, 0.1) is 17.1 Å². The molecule has 0 radical (unpaired) electrons. The first-order valence-electron chi connectivity index (χ1n) is 7.05. The van der Waals surface area contributed by atoms with Crippen molar-refractivity contribution in [2.75, 3.05) is 44.3 Å². The van der Waals surface area contributed by atoms with Gasteiger partial charge in [0, 0.05) is 32.2 Å². The molecule has 106 valence electrons. The molecule has 1 unspecified atom stereocenters. The maximum Gasteiger partial charge on any atom is 0.143 e. The number of hydrogen-bond donors (Lipinski definition) is 0. The number of hydrogen-bond acceptors (Lipinski definition) is 4. The maximum atomic E-state index is 13.7. The molecule has 2 fully saturated rings. The number of benzene rings is 1. The lowest BCUT2D eigenvalue weighted by Gasteiger charge is -2.32. The van der Waals surface area contributed by atoms with Crippen molar-refractivity contribution in [2.45, 2.75) is 12.5 Å². The number of anilines is 1. The van der Waals surface area contributed by atoms with E-state index in [1.807, 2.05) is 12.1 Å². The Kier molecular flexibility index (Phi) is 3.86. The predicted octanol–water partition coefficient (Wildman–Crippen LogP) is 1.61. The Morgan fingerprint density at radius 2 is 2.05 bits per heavy atom. The molecule has 2 aliphatic rings. The average Bonchev–Trinajstić information content (AvgIpc) is 2.97. The van der Waals surface area contributed by atoms with E-state index < -0.39 is 5.82 Å². The molecule has 2 aliphatic heterocycles. The fourth-order valence-corrected chi connectivity index (χ4v) is 3.09. The fraction of sp³-hybridized carbons (Fsp3) is 0.533. The summed E-state index contributed by atoms with van der Waals surface area (Å²) >= 11 is 0. The summed E-state index contributed by atoms with van der Waals surface area (Å²) in [4.78, 5) is 4.57. The van der Waals surface area contributed by atoms with Gasteiger partial charge in [-0.25, -0.2) is 4.39 Å². The predicted molar refractivity (Wildman–Crippen MR) is 74.1 cm³/mol. The van der Waals surface area contributed by atoms with Crippen molar-refractivity contribution in [1.82, 2.24) is 4.90 Å². The first-order chi connectivity index (χ1) is 9.79. The van der Waals surface area contributed by atoms with Gasteiger partial charge in [-0.1, -0.05) is 6.07 Å². The van der Waals surface area contributed by atoms with Crippen molar-refractivity contribution in [3.8, 4) is 6.07 Å². The number of ether oxygens (including phenoxy) is 1. The molecule has 2 saturated heterocycles. The van der Waals surface area contributed by atoms with Crippen LogP contribution in [-0.2, 0) is 4.74 Å². The Balaban J connectivity index is 1.74. The molecule has 0 amide bonds. The zero-order valence-corrected chi connectivity index (χ0v) is 11.4. The Labute approximate surface area is 118 Å². The van der Waals surface area contributed by atoms with E-state index in [1.165, 1.54) is 6.07 Å². The van der Waals surface area contributed by atoms with Crippen LogP contribution >= 0.6 is 0 Å². The quantitative estimate of drug-likeness (QED) is 0.822. The van der Waals surface area contributed by atoms with Gasteiger partial charge in [-0.15, -0.1) is 0 Å². The second-order valence-corrected chi connectivity index (χ2v) is 5.28. The van der Waals surface area contributed by atoms with Crippen molar-refractivity contribution >= 4 is 5.69 Å². The minimum Gasteiger partial charge on any atom is -0.379 e. The second kappa shape index (κ2) is 5.78. The first kappa shape index (κ1) is 13.3. The highest BCUT2D eigenvalue weighted by Gasteiger charge is 2.30. The van der Waals surface area contributed by atoms with Gasteiger partial charge in [-0.3, -0.25) is 4.90 Å². The molecule has 0 spiro atoms. The number of morpholine rings is 1. The molecule has 20 heavy (non-hydrogen) atoms. The summed E-state index contributed by atoms with van der Waals surface area (Å²) in [6, 6.07) is 7.32. The first-order valence-corrected chi connectivity index (χ1v) is 7.05. The van der Waals surface area contributed by atoms with Gasteiger partial charge >= 0.3 is 0 Å². The van der Waals surface area contributed by atoms with E-state index in [9.17, 15) is 4.39 Å². The van der Waals surface area contributed by atoms with Crippen LogP contribution in [0.25, 0.3) is 0 Å². The lowest BCUT2D eigenvalue weighted by atomic mass is 10.1. The topological polar surface area (TPSA) is 39.5 Å². The zero-order chi connectivity index (χ0) is 13.9. The van der Waals surface area contributed by atoms with Crippen LogP contribution < -0.4 is 4.90 Å². The summed E-state index contributed by atoms with van der Waals surface area (Å²) in [6.45, 7) is 5.25. The highest BCUT2D eigenvalue weighted by Crippen LogP contribution is 2.27. The molecule has 0 bridgehead atoms. The van der Waals surface area contributed by atoms with Crippen LogP contribution in [0.3, 0.4) is 0 Å². The summed E-state index contributed by atoms with van der Waals surface area (Å²) in [5.74, 6) is -0.431. The van der Waals surface area contributed by atoms with Gasteiger partial charge < -0.3 is 9.64 Å². The third kappa shape index (κ3) is 2.49. The Morgan fingerprint density at radius 3 is 2.80 bits per heavy atom. The number of nitrogens with zero attached hydrogens (tertiary/aromatic N) is 3. The Bertz CT molecular complexity index is 522. The Morgan fingerprint density at radius 1 is 1.25 bits per heavy atom. The van der Waals surface area contributed by atoms with Crippen molar-refractivity contribution in [2.24, 2.45) is 0 Å². The van der Waals surface area contributed by atoms with Gasteiger partial charge in [0.2, 0.25) is 0 Å². The molecule has 1 atom stereocenters. The number of halogens is 1. The van der Waals surface area contributed by atoms with Crippen LogP contribution in [0.1, 0.15) is 12.0 Å². The molecule has 0 N–H and O–H groups in total.